The van der Waals surface area contributed by atoms with E-state index in [2.05, 4.69) is 10.6 Å². The standard InChI is InChI=1S/C17H15FN2O4/c1-2-24-17(23)13-8-3-4-9-14(13)20-16(22)15(21)19-12-7-5-6-11(18)10-12/h3-10H,2H2,1H3,(H,19,21)(H,20,22). The molecule has 124 valence electrons. The van der Waals surface area contributed by atoms with Gasteiger partial charge in [-0.3, -0.25) is 9.59 Å². The summed E-state index contributed by atoms with van der Waals surface area (Å²) in [7, 11) is 0. The van der Waals surface area contributed by atoms with Gasteiger partial charge in [0.1, 0.15) is 5.82 Å². The van der Waals surface area contributed by atoms with E-state index >= 15 is 0 Å². The molecule has 6 nitrogen and oxygen atoms in total. The Morgan fingerprint density at radius 1 is 1.00 bits per heavy atom. The molecular formula is C17H15FN2O4. The predicted molar refractivity (Wildman–Crippen MR) is 86.1 cm³/mol. The van der Waals surface area contributed by atoms with Crippen molar-refractivity contribution in [2.75, 3.05) is 17.2 Å². The van der Waals surface area contributed by atoms with Gasteiger partial charge in [-0.2, -0.15) is 0 Å². The zero-order valence-corrected chi connectivity index (χ0v) is 12.8. The fourth-order valence-corrected chi connectivity index (χ4v) is 1.91. The second kappa shape index (κ2) is 7.87. The zero-order valence-electron chi connectivity index (χ0n) is 12.8. The summed E-state index contributed by atoms with van der Waals surface area (Å²) in [6.45, 7) is 1.84. The van der Waals surface area contributed by atoms with Crippen LogP contribution in [0.1, 0.15) is 17.3 Å². The Bertz CT molecular complexity index is 777. The number of amides is 2. The largest absolute Gasteiger partial charge is 0.462 e. The van der Waals surface area contributed by atoms with Crippen molar-refractivity contribution in [2.45, 2.75) is 6.92 Å². The minimum Gasteiger partial charge on any atom is -0.462 e. The second-order valence-corrected chi connectivity index (χ2v) is 4.68. The van der Waals surface area contributed by atoms with Crippen LogP contribution in [-0.4, -0.2) is 24.4 Å². The molecule has 0 aliphatic carbocycles. The van der Waals surface area contributed by atoms with E-state index in [1.54, 1.807) is 19.1 Å². The molecule has 0 saturated carbocycles. The van der Waals surface area contributed by atoms with E-state index in [9.17, 15) is 18.8 Å². The average molecular weight is 330 g/mol. The van der Waals surface area contributed by atoms with Gasteiger partial charge in [-0.1, -0.05) is 18.2 Å². The number of para-hydroxylation sites is 1. The number of benzene rings is 2. The Kier molecular flexibility index (Phi) is 5.62. The van der Waals surface area contributed by atoms with Crippen molar-refractivity contribution in [2.24, 2.45) is 0 Å². The number of anilines is 2. The Morgan fingerprint density at radius 2 is 1.71 bits per heavy atom. The normalized spacial score (nSPS) is 9.92. The minimum atomic E-state index is -0.990. The molecule has 2 aromatic carbocycles. The highest BCUT2D eigenvalue weighted by atomic mass is 19.1. The molecule has 0 saturated heterocycles. The molecule has 0 heterocycles. The van der Waals surface area contributed by atoms with E-state index in [1.165, 1.54) is 30.3 Å². The predicted octanol–water partition coefficient (Wildman–Crippen LogP) is 2.58. The maximum absolute atomic E-state index is 13.1. The Morgan fingerprint density at radius 3 is 2.42 bits per heavy atom. The Labute approximate surface area is 137 Å². The maximum atomic E-state index is 13.1. The first-order valence-corrected chi connectivity index (χ1v) is 7.15. The monoisotopic (exact) mass is 330 g/mol. The summed E-state index contributed by atoms with van der Waals surface area (Å²) >= 11 is 0. The van der Waals surface area contributed by atoms with E-state index < -0.39 is 23.6 Å². The van der Waals surface area contributed by atoms with Crippen LogP contribution in [0.15, 0.2) is 48.5 Å². The lowest BCUT2D eigenvalue weighted by atomic mass is 10.2. The molecular weight excluding hydrogens is 315 g/mol. The summed E-state index contributed by atoms with van der Waals surface area (Å²) in [5, 5.41) is 4.61. The first-order valence-electron chi connectivity index (χ1n) is 7.15. The number of carbonyl (C=O) groups is 3. The van der Waals surface area contributed by atoms with E-state index in [1.807, 2.05) is 0 Å². The quantitative estimate of drug-likeness (QED) is 0.666. The molecule has 0 aromatic heterocycles. The van der Waals surface area contributed by atoms with Gasteiger partial charge in [0.2, 0.25) is 0 Å². The topological polar surface area (TPSA) is 84.5 Å². The molecule has 0 aliphatic rings. The third-order valence-corrected chi connectivity index (χ3v) is 2.96. The Hall–Kier alpha value is -3.22. The van der Waals surface area contributed by atoms with Crippen LogP contribution in [0, 0.1) is 5.82 Å². The summed E-state index contributed by atoms with van der Waals surface area (Å²) in [6, 6.07) is 11.3. The van der Waals surface area contributed by atoms with Crippen molar-refractivity contribution in [1.82, 2.24) is 0 Å². The van der Waals surface area contributed by atoms with Crippen LogP contribution in [0.25, 0.3) is 0 Å². The zero-order chi connectivity index (χ0) is 17.5. The lowest BCUT2D eigenvalue weighted by Crippen LogP contribution is -2.29. The molecule has 2 rings (SSSR count). The molecule has 0 unspecified atom stereocenters. The molecule has 0 aliphatic heterocycles. The van der Waals surface area contributed by atoms with Crippen molar-refractivity contribution < 1.29 is 23.5 Å². The fraction of sp³-hybridized carbons (Fsp3) is 0.118. The van der Waals surface area contributed by atoms with E-state index in [0.717, 1.165) is 6.07 Å². The van der Waals surface area contributed by atoms with Crippen LogP contribution in [-0.2, 0) is 14.3 Å². The van der Waals surface area contributed by atoms with Gasteiger partial charge in [-0.05, 0) is 37.3 Å². The van der Waals surface area contributed by atoms with Gasteiger partial charge in [0.05, 0.1) is 17.9 Å². The number of hydrogen-bond donors (Lipinski definition) is 2. The lowest BCUT2D eigenvalue weighted by Gasteiger charge is -2.10. The molecule has 2 N–H and O–H groups in total. The number of esters is 1. The van der Waals surface area contributed by atoms with Gasteiger partial charge in [0.15, 0.2) is 0 Å². The highest BCUT2D eigenvalue weighted by Gasteiger charge is 2.18. The second-order valence-electron chi connectivity index (χ2n) is 4.68. The number of nitrogens with one attached hydrogen (secondary N) is 2. The molecule has 7 heteroatoms. The van der Waals surface area contributed by atoms with Crippen LogP contribution < -0.4 is 10.6 Å². The van der Waals surface area contributed by atoms with Gasteiger partial charge in [-0.25, -0.2) is 9.18 Å². The highest BCUT2D eigenvalue weighted by molar-refractivity contribution is 6.43. The van der Waals surface area contributed by atoms with Gasteiger partial charge in [-0.15, -0.1) is 0 Å². The van der Waals surface area contributed by atoms with E-state index in [0.29, 0.717) is 0 Å². The smallest absolute Gasteiger partial charge is 0.340 e. The fourth-order valence-electron chi connectivity index (χ4n) is 1.91. The van der Waals surface area contributed by atoms with Gasteiger partial charge in [0, 0.05) is 5.69 Å². The molecule has 0 atom stereocenters. The first kappa shape index (κ1) is 17.1. The van der Waals surface area contributed by atoms with Crippen molar-refractivity contribution in [3.8, 4) is 0 Å². The summed E-state index contributed by atoms with van der Waals surface area (Å²) in [6.07, 6.45) is 0. The summed E-state index contributed by atoms with van der Waals surface area (Å²) in [5.74, 6) is -3.13. The molecule has 2 aromatic rings. The SMILES string of the molecule is CCOC(=O)c1ccccc1NC(=O)C(=O)Nc1cccc(F)c1. The van der Waals surface area contributed by atoms with Crippen molar-refractivity contribution >= 4 is 29.2 Å². The molecule has 0 spiro atoms. The lowest BCUT2D eigenvalue weighted by molar-refractivity contribution is -0.133. The van der Waals surface area contributed by atoms with Crippen molar-refractivity contribution in [1.29, 1.82) is 0 Å². The minimum absolute atomic E-state index is 0.131. The van der Waals surface area contributed by atoms with Crippen LogP contribution >= 0.6 is 0 Å². The van der Waals surface area contributed by atoms with Crippen LogP contribution in [0.2, 0.25) is 0 Å². The summed E-state index contributed by atoms with van der Waals surface area (Å²) in [4.78, 5) is 35.7. The Balaban J connectivity index is 2.09. The number of rotatable bonds is 4. The third kappa shape index (κ3) is 4.39. The summed E-state index contributed by atoms with van der Waals surface area (Å²) < 4.78 is 18.0. The highest BCUT2D eigenvalue weighted by Crippen LogP contribution is 2.16. The van der Waals surface area contributed by atoms with Crippen LogP contribution in [0.4, 0.5) is 15.8 Å². The number of hydrogen-bond acceptors (Lipinski definition) is 4. The molecule has 0 fully saturated rings. The molecule has 2 amide bonds. The van der Waals surface area contributed by atoms with Crippen LogP contribution in [0.3, 0.4) is 0 Å². The number of halogens is 1. The number of carbonyl (C=O) groups excluding carboxylic acids is 3. The molecule has 24 heavy (non-hydrogen) atoms. The number of ether oxygens (including phenoxy) is 1. The average Bonchev–Trinajstić information content (AvgIpc) is 2.55. The van der Waals surface area contributed by atoms with Crippen molar-refractivity contribution in [3.63, 3.8) is 0 Å². The maximum Gasteiger partial charge on any atom is 0.340 e. The summed E-state index contributed by atoms with van der Waals surface area (Å²) in [5.41, 5.74) is 0.426. The van der Waals surface area contributed by atoms with E-state index in [-0.39, 0.29) is 23.5 Å². The molecule has 0 radical (unpaired) electrons. The van der Waals surface area contributed by atoms with Gasteiger partial charge in [0.25, 0.3) is 0 Å². The van der Waals surface area contributed by atoms with E-state index in [4.69, 9.17) is 4.74 Å². The van der Waals surface area contributed by atoms with Gasteiger partial charge < -0.3 is 15.4 Å². The van der Waals surface area contributed by atoms with Crippen LogP contribution in [0.5, 0.6) is 0 Å². The van der Waals surface area contributed by atoms with Gasteiger partial charge >= 0.3 is 17.8 Å². The molecule has 0 bridgehead atoms. The first-order chi connectivity index (χ1) is 11.5. The van der Waals surface area contributed by atoms with Crippen molar-refractivity contribution in [3.05, 3.63) is 59.9 Å². The third-order valence-electron chi connectivity index (χ3n) is 2.96.